The number of nitrogens with zero attached hydrogens (tertiary/aromatic N) is 2. The van der Waals surface area contributed by atoms with Gasteiger partial charge in [-0.2, -0.15) is 8.42 Å². The molecule has 0 atom stereocenters. The molecule has 0 radical (unpaired) electrons. The van der Waals surface area contributed by atoms with Gasteiger partial charge >= 0.3 is 0 Å². The van der Waals surface area contributed by atoms with Gasteiger partial charge < -0.3 is 0 Å². The van der Waals surface area contributed by atoms with Crippen LogP contribution in [0.5, 0.6) is 0 Å². The Balaban J connectivity index is 1.59. The second-order valence-corrected chi connectivity index (χ2v) is 9.14. The van der Waals surface area contributed by atoms with Gasteiger partial charge in [-0.1, -0.05) is 49.6 Å². The molecular weight excluding hydrogens is 336 g/mol. The molecule has 1 saturated heterocycles. The van der Waals surface area contributed by atoms with Gasteiger partial charge in [-0.3, -0.25) is 14.0 Å². The van der Waals surface area contributed by atoms with Crippen molar-refractivity contribution in [2.24, 2.45) is 0 Å². The van der Waals surface area contributed by atoms with E-state index in [2.05, 4.69) is 40.1 Å². The van der Waals surface area contributed by atoms with Crippen LogP contribution in [0.25, 0.3) is 0 Å². The van der Waals surface area contributed by atoms with Gasteiger partial charge in [0.25, 0.3) is 10.1 Å². The van der Waals surface area contributed by atoms with Gasteiger partial charge in [0.1, 0.15) is 0 Å². The number of piperazine rings is 1. The molecule has 0 spiro atoms. The molecule has 6 heteroatoms. The van der Waals surface area contributed by atoms with Gasteiger partial charge in [0, 0.05) is 38.3 Å². The highest BCUT2D eigenvalue weighted by molar-refractivity contribution is 7.85. The highest BCUT2D eigenvalue weighted by atomic mass is 32.2. The van der Waals surface area contributed by atoms with Crippen LogP contribution in [0.3, 0.4) is 0 Å². The maximum atomic E-state index is 11.5. The molecule has 25 heavy (non-hydrogen) atoms. The van der Waals surface area contributed by atoms with E-state index in [0.717, 1.165) is 64.7 Å². The van der Waals surface area contributed by atoms with Gasteiger partial charge in [-0.15, -0.1) is 0 Å². The molecule has 1 aliphatic carbocycles. The third-order valence-electron chi connectivity index (χ3n) is 5.62. The van der Waals surface area contributed by atoms with Gasteiger partial charge in [-0.05, 0) is 18.4 Å². The van der Waals surface area contributed by atoms with Crippen LogP contribution in [0.2, 0.25) is 0 Å². The molecule has 1 saturated carbocycles. The molecule has 140 valence electrons. The summed E-state index contributed by atoms with van der Waals surface area (Å²) in [6, 6.07) is 10.6. The molecule has 1 aliphatic heterocycles. The Kier molecular flexibility index (Phi) is 6.15. The normalized spacial score (nSPS) is 22.8. The van der Waals surface area contributed by atoms with E-state index < -0.39 is 10.1 Å². The minimum atomic E-state index is -3.39. The molecule has 3 rings (SSSR count). The minimum absolute atomic E-state index is 0.0971. The Morgan fingerprint density at radius 3 is 2.24 bits per heavy atom. The molecule has 0 aromatic heterocycles. The molecule has 2 fully saturated rings. The molecule has 1 aromatic carbocycles. The Morgan fingerprint density at radius 1 is 1.00 bits per heavy atom. The fourth-order valence-electron chi connectivity index (χ4n) is 4.20. The summed E-state index contributed by atoms with van der Waals surface area (Å²) < 4.78 is 28.3. The summed E-state index contributed by atoms with van der Waals surface area (Å²) >= 11 is 0. The van der Waals surface area contributed by atoms with Crippen LogP contribution in [0.15, 0.2) is 30.3 Å². The first-order valence-electron chi connectivity index (χ1n) is 9.33. The lowest BCUT2D eigenvalue weighted by Crippen LogP contribution is -2.59. The van der Waals surface area contributed by atoms with Gasteiger partial charge in [0.15, 0.2) is 0 Å². The zero-order chi connectivity index (χ0) is 17.8. The zero-order valence-electron chi connectivity index (χ0n) is 15.2. The lowest BCUT2D eigenvalue weighted by Gasteiger charge is -2.49. The standard InChI is InChI=1S/C19H30N2O3S/c1-25(22,23)24-17-19(10-6-3-7-11-19)21-14-12-20(13-15-21)16-18-8-4-2-5-9-18/h2,4-5,8-9H,3,6-7,10-17H2,1H3. The molecule has 0 amide bonds. The van der Waals surface area contributed by atoms with Crippen molar-refractivity contribution in [3.63, 3.8) is 0 Å². The Bertz CT molecular complexity index is 634. The van der Waals surface area contributed by atoms with Crippen molar-refractivity contribution in [3.05, 3.63) is 35.9 Å². The van der Waals surface area contributed by atoms with Gasteiger partial charge in [0.2, 0.25) is 0 Å². The van der Waals surface area contributed by atoms with Crippen molar-refractivity contribution < 1.29 is 12.6 Å². The van der Waals surface area contributed by atoms with Gasteiger partial charge in [-0.25, -0.2) is 0 Å². The molecule has 2 aliphatic rings. The van der Waals surface area contributed by atoms with Crippen molar-refractivity contribution in [2.75, 3.05) is 39.0 Å². The van der Waals surface area contributed by atoms with Crippen LogP contribution in [0, 0.1) is 0 Å². The van der Waals surface area contributed by atoms with E-state index in [-0.39, 0.29) is 5.54 Å². The molecule has 0 unspecified atom stereocenters. The molecule has 1 aromatic rings. The third-order valence-corrected chi connectivity index (χ3v) is 6.16. The molecule has 0 N–H and O–H groups in total. The first-order valence-corrected chi connectivity index (χ1v) is 11.1. The van der Waals surface area contributed by atoms with Crippen LogP contribution in [0.1, 0.15) is 37.7 Å². The molecule has 5 nitrogen and oxygen atoms in total. The highest BCUT2D eigenvalue weighted by Gasteiger charge is 2.40. The number of rotatable bonds is 6. The number of benzene rings is 1. The lowest BCUT2D eigenvalue weighted by atomic mass is 9.80. The Morgan fingerprint density at radius 2 is 1.64 bits per heavy atom. The second kappa shape index (κ2) is 8.16. The largest absolute Gasteiger partial charge is 0.297 e. The van der Waals surface area contributed by atoms with Crippen molar-refractivity contribution in [1.29, 1.82) is 0 Å². The summed E-state index contributed by atoms with van der Waals surface area (Å²) in [4.78, 5) is 4.98. The fraction of sp³-hybridized carbons (Fsp3) is 0.684. The van der Waals surface area contributed by atoms with Crippen LogP contribution < -0.4 is 0 Å². The van der Waals surface area contributed by atoms with E-state index in [1.807, 2.05) is 0 Å². The van der Waals surface area contributed by atoms with Crippen LogP contribution in [-0.2, 0) is 20.8 Å². The summed E-state index contributed by atoms with van der Waals surface area (Å²) in [7, 11) is -3.39. The predicted molar refractivity (Wildman–Crippen MR) is 99.9 cm³/mol. The summed E-state index contributed by atoms with van der Waals surface area (Å²) in [5, 5.41) is 0. The summed E-state index contributed by atoms with van der Waals surface area (Å²) in [6.07, 6.45) is 6.81. The van der Waals surface area contributed by atoms with Crippen LogP contribution in [-0.4, -0.2) is 62.8 Å². The minimum Gasteiger partial charge on any atom is -0.297 e. The fourth-order valence-corrected chi connectivity index (χ4v) is 4.63. The average Bonchev–Trinajstić information content (AvgIpc) is 2.62. The summed E-state index contributed by atoms with van der Waals surface area (Å²) in [5.74, 6) is 0. The second-order valence-electron chi connectivity index (χ2n) is 7.50. The average molecular weight is 367 g/mol. The maximum absolute atomic E-state index is 11.5. The van der Waals surface area contributed by atoms with E-state index in [0.29, 0.717) is 6.61 Å². The first kappa shape index (κ1) is 18.8. The molecule has 1 heterocycles. The SMILES string of the molecule is CS(=O)(=O)OCC1(N2CCN(Cc3ccccc3)CC2)CCCCC1. The first-order chi connectivity index (χ1) is 12.0. The van der Waals surface area contributed by atoms with E-state index in [9.17, 15) is 8.42 Å². The van der Waals surface area contributed by atoms with Crippen molar-refractivity contribution >= 4 is 10.1 Å². The van der Waals surface area contributed by atoms with Crippen LogP contribution in [0.4, 0.5) is 0 Å². The number of hydrogen-bond acceptors (Lipinski definition) is 5. The van der Waals surface area contributed by atoms with E-state index in [1.54, 1.807) is 0 Å². The maximum Gasteiger partial charge on any atom is 0.264 e. The van der Waals surface area contributed by atoms with Crippen molar-refractivity contribution in [1.82, 2.24) is 9.80 Å². The zero-order valence-corrected chi connectivity index (χ0v) is 16.0. The van der Waals surface area contributed by atoms with E-state index >= 15 is 0 Å². The topological polar surface area (TPSA) is 49.9 Å². The van der Waals surface area contributed by atoms with Crippen molar-refractivity contribution in [3.8, 4) is 0 Å². The Hall–Kier alpha value is -0.950. The molecule has 0 bridgehead atoms. The number of hydrogen-bond donors (Lipinski definition) is 0. The highest BCUT2D eigenvalue weighted by Crippen LogP contribution is 2.35. The smallest absolute Gasteiger partial charge is 0.264 e. The van der Waals surface area contributed by atoms with E-state index in [4.69, 9.17) is 4.18 Å². The quantitative estimate of drug-likeness (QED) is 0.724. The van der Waals surface area contributed by atoms with Crippen molar-refractivity contribution in [2.45, 2.75) is 44.2 Å². The lowest BCUT2D eigenvalue weighted by molar-refractivity contribution is -0.0206. The molecular formula is C19H30N2O3S. The summed E-state index contributed by atoms with van der Waals surface area (Å²) in [5.41, 5.74) is 1.25. The van der Waals surface area contributed by atoms with E-state index in [1.165, 1.54) is 12.0 Å². The van der Waals surface area contributed by atoms with Gasteiger partial charge in [0.05, 0.1) is 12.9 Å². The summed E-state index contributed by atoms with van der Waals surface area (Å²) in [6.45, 7) is 5.32. The monoisotopic (exact) mass is 366 g/mol. The Labute approximate surface area is 152 Å². The third kappa shape index (κ3) is 5.26. The predicted octanol–water partition coefficient (Wildman–Crippen LogP) is 2.48. The van der Waals surface area contributed by atoms with Crippen LogP contribution >= 0.6 is 0 Å².